The monoisotopic (exact) mass is 2100 g/mol. The fraction of sp³-hybridized carbons (Fsp3) is 0.600. The smallest absolute Gasteiger partial charge is 0.252 e. The van der Waals surface area contributed by atoms with Crippen LogP contribution in [0.5, 0.6) is 0 Å². The molecule has 43 heteroatoms. The van der Waals surface area contributed by atoms with E-state index in [0.29, 0.717) is 111 Å². The first-order chi connectivity index (χ1) is 69.6. The highest BCUT2D eigenvalue weighted by Crippen LogP contribution is 2.26. The van der Waals surface area contributed by atoms with Crippen molar-refractivity contribution in [1.82, 2.24) is 106 Å². The summed E-state index contributed by atoms with van der Waals surface area (Å²) in [6.07, 6.45) is 13.8. The van der Waals surface area contributed by atoms with Gasteiger partial charge in [-0.25, -0.2) is 4.98 Å². The normalized spacial score (nSPS) is 14.5. The van der Waals surface area contributed by atoms with Gasteiger partial charge in [-0.2, -0.15) is 25.5 Å². The molecule has 0 bridgehead atoms. The highest BCUT2D eigenvalue weighted by atomic mass is 32.1. The molecule has 0 aliphatic carbocycles. The Balaban J connectivity index is 0.000000462. The van der Waals surface area contributed by atoms with E-state index in [1.54, 1.807) is 38.5 Å². The lowest BCUT2D eigenvalue weighted by molar-refractivity contribution is -0.605. The van der Waals surface area contributed by atoms with E-state index in [9.17, 15) is 87.5 Å². The van der Waals surface area contributed by atoms with Crippen molar-refractivity contribution >= 4 is 111 Å². The van der Waals surface area contributed by atoms with Crippen molar-refractivity contribution in [2.24, 2.45) is 34.0 Å². The number of thiophene rings is 1. The van der Waals surface area contributed by atoms with Crippen molar-refractivity contribution in [2.45, 2.75) is 334 Å². The lowest BCUT2D eigenvalue weighted by atomic mass is 9.87. The molecular weight excluding hydrogens is 1940 g/mol. The van der Waals surface area contributed by atoms with Gasteiger partial charge < -0.3 is 111 Å². The van der Waals surface area contributed by atoms with Crippen LogP contribution in [0.4, 0.5) is 0 Å². The molecule has 0 aromatic carbocycles. The first-order valence-corrected chi connectivity index (χ1v) is 53.0. The van der Waals surface area contributed by atoms with Gasteiger partial charge >= 0.3 is 0 Å². The van der Waals surface area contributed by atoms with Crippen molar-refractivity contribution < 1.29 is 86.1 Å². The molecule has 0 radical (unpaired) electrons. The average Bonchev–Trinajstić information content (AvgIpc) is 1.40. The maximum absolute atomic E-state index is 13.8. The van der Waals surface area contributed by atoms with Crippen LogP contribution in [0.25, 0.3) is 0 Å². The lowest BCUT2D eigenvalue weighted by Gasteiger charge is -2.29. The van der Waals surface area contributed by atoms with Crippen LogP contribution in [0.15, 0.2) is 126 Å². The van der Waals surface area contributed by atoms with Crippen LogP contribution in [0.2, 0.25) is 0 Å². The summed E-state index contributed by atoms with van der Waals surface area (Å²) < 4.78 is 1.69. The van der Waals surface area contributed by atoms with Gasteiger partial charge in [0.1, 0.15) is 54.4 Å². The number of pyridine rings is 4. The first kappa shape index (κ1) is 128. The minimum absolute atomic E-state index is 0.111. The van der Waals surface area contributed by atoms with E-state index in [2.05, 4.69) is 106 Å². The maximum Gasteiger partial charge on any atom is 0.252 e. The largest absolute Gasteiger partial charge is 0.619 e. The number of nitrogens with one attached hydrogen (secondary N) is 18. The predicted molar refractivity (Wildman–Crippen MR) is 569 cm³/mol. The van der Waals surface area contributed by atoms with Crippen LogP contribution >= 0.6 is 22.7 Å². The number of hydrogen-bond acceptors (Lipinski definition) is 25. The predicted octanol–water partition coefficient (Wildman–Crippen LogP) is 5.28. The molecule has 0 aliphatic heterocycles. The third-order valence-electron chi connectivity index (χ3n) is 23.3. The number of aromatic nitrogens is 5. The molecule has 6 heterocycles. The fourth-order valence-electron chi connectivity index (χ4n) is 15.4. The van der Waals surface area contributed by atoms with Crippen LogP contribution in [-0.2, 0) is 76.8 Å². The molecule has 0 saturated carbocycles. The topological polar surface area (TPSA) is 579 Å². The molecule has 6 aromatic rings. The van der Waals surface area contributed by atoms with E-state index in [1.165, 1.54) is 96.3 Å². The zero-order chi connectivity index (χ0) is 111. The minimum Gasteiger partial charge on any atom is -0.619 e. The summed E-state index contributed by atoms with van der Waals surface area (Å²) in [5, 5.41) is 92.4. The summed E-state index contributed by atoms with van der Waals surface area (Å²) in [6.45, 7) is 46.9. The van der Waals surface area contributed by atoms with E-state index in [1.807, 2.05) is 180 Å². The zero-order valence-corrected chi connectivity index (χ0v) is 92.3. The van der Waals surface area contributed by atoms with E-state index < -0.39 is 138 Å². The van der Waals surface area contributed by atoms with Gasteiger partial charge in [0.15, 0.2) is 37.2 Å². The van der Waals surface area contributed by atoms with Gasteiger partial charge in [-0.1, -0.05) is 150 Å². The molecule has 820 valence electrons. The Hall–Kier alpha value is -12.7. The van der Waals surface area contributed by atoms with Crippen molar-refractivity contribution in [3.05, 3.63) is 175 Å². The molecule has 0 saturated heterocycles. The second-order valence-electron chi connectivity index (χ2n) is 41.7. The van der Waals surface area contributed by atoms with E-state index in [0.717, 1.165) is 17.0 Å². The van der Waals surface area contributed by atoms with Crippen LogP contribution in [-0.4, -0.2) is 228 Å². The number of carbonyl (C=O) groups excluding carboxylic acids is 15. The Bertz CT molecular complexity index is 4910. The summed E-state index contributed by atoms with van der Waals surface area (Å²) in [5.74, 6) is -6.40. The second-order valence-corrected chi connectivity index (χ2v) is 43.2. The van der Waals surface area contributed by atoms with E-state index >= 15 is 0 Å². The number of thiazole rings is 1. The van der Waals surface area contributed by atoms with Crippen molar-refractivity contribution in [2.75, 3.05) is 39.3 Å². The highest BCUT2D eigenvalue weighted by Gasteiger charge is 2.38. The quantitative estimate of drug-likeness (QED) is 0.0171. The average molecular weight is 2100 g/mol. The zero-order valence-electron chi connectivity index (χ0n) is 90.6. The van der Waals surface area contributed by atoms with Crippen LogP contribution in [0.1, 0.15) is 272 Å². The third kappa shape index (κ3) is 48.5. The van der Waals surface area contributed by atoms with Crippen molar-refractivity contribution in [3.63, 3.8) is 0 Å². The molecule has 41 nitrogen and oxygen atoms in total. The van der Waals surface area contributed by atoms with Gasteiger partial charge in [-0.15, -0.1) is 11.3 Å². The third-order valence-corrected chi connectivity index (χ3v) is 24.7. The van der Waals surface area contributed by atoms with E-state index in [4.69, 9.17) is 0 Å². The van der Waals surface area contributed by atoms with E-state index in [-0.39, 0.29) is 112 Å². The molecule has 0 spiro atoms. The van der Waals surface area contributed by atoms with Gasteiger partial charge in [0.25, 0.3) is 17.7 Å². The first-order valence-electron chi connectivity index (χ1n) is 51.2. The van der Waals surface area contributed by atoms with Gasteiger partial charge in [0.2, 0.25) is 70.9 Å². The van der Waals surface area contributed by atoms with Crippen molar-refractivity contribution in [3.8, 4) is 0 Å². The summed E-state index contributed by atoms with van der Waals surface area (Å²) >= 11 is 2.96. The molecule has 148 heavy (non-hydrogen) atoms. The Morgan fingerprint density at radius 1 is 0.324 bits per heavy atom. The van der Waals surface area contributed by atoms with Crippen LogP contribution in [0.3, 0.4) is 0 Å². The Labute approximate surface area is 880 Å². The molecule has 18 N–H and O–H groups in total. The molecule has 0 aliphatic rings. The second kappa shape index (κ2) is 64.5. The number of likely N-dealkylation sites (N-methyl/N-ethyl adjacent to an activating group) is 3. The maximum atomic E-state index is 13.8. The standard InChI is InChI=1S/C36H56N8O6.C35H55N7O6S.C34H54N8O6S/c1-9-13-28(41-34(48)29(21-36(6,7)8)42-32(46)25-15-18-44(50)19-16-25)33(47)40-27(20-26-14-11-12-17-38-26)22-39-24(5)31(45)43-30(23(3)4)35(49)37-10-2;1-9-11-27(39-33(46)28(19-35(6,7)8)40-31(44)25-12-15-42(48)16-13-25)32(45)38-26(18-24-14-17-49-21-24)20-37-23(5)30(43)41-29(22(3)4)34(47)36-10-2;1-9-11-26(39-32(46)27(17-34(6,7)8)40-30(44)23-12-14-42(48)15-13-23)31(45)38-24(16-25-19-49-20-37-25)18-36-22(5)29(43)41-28(21(3)4)33(47)35-10-2/h11-12,14-19,23-24,27-30,39H,9-10,13,20-22H2,1-8H3,(H,37,49)(H,40,47)(H,41,48)(H,42,46)(H,43,45);12-17,21-23,26-29,37H,9-11,18-20H2,1-8H3,(H,36,47)(H,38,45)(H,39,46)(H,40,44)(H,41,43);12-15,19-22,24,26-28,36H,9-11,16-18H2,1-8H3,(H,35,47)(H,38,45)(H,39,46)(H,40,44)(H,41,43)/t24-,27-,28-,29-,30-;23-,26-,27-,28-,29-;22-,24-,26-,27-,28-/m000/s1. The molecule has 6 aromatic heterocycles. The Morgan fingerprint density at radius 3 is 0.872 bits per heavy atom. The Morgan fingerprint density at radius 2 is 0.622 bits per heavy atom. The SMILES string of the molecule is CCC[C@H](NC(=O)[C@H](CC(C)(C)C)NC(=O)c1cc[n+]([O-])cc1)C(=O)N[C@H](CN[C@@H](C)C(=O)N[C@H](C(=O)NCC)C(C)C)Cc1ccccn1.CCC[C@H](NC(=O)[C@H](CC(C)(C)C)NC(=O)c1cc[n+]([O-])cc1)C(=O)N[C@H](CN[C@@H](C)C(=O)N[C@H](C(=O)NCC)C(C)C)Cc1ccsc1.CCC[C@H](NC(=O)[C@H](CC(C)(C)C)NC(=O)c1cc[n+]([O-])cc1)C(=O)N[C@H](CN[C@@H](C)C(=O)N[C@H](C(=O)NCC)C(C)C)Cc1cscn1. The van der Waals surface area contributed by atoms with Crippen LogP contribution in [0, 0.1) is 49.6 Å². The number of amides is 15. The van der Waals surface area contributed by atoms with Gasteiger partial charge in [-0.3, -0.25) is 76.9 Å². The molecule has 15 amide bonds. The number of rotatable bonds is 57. The molecular formula is C105H165N23O18S2. The summed E-state index contributed by atoms with van der Waals surface area (Å²) in [6, 6.07) is 4.64. The number of nitrogens with zero attached hydrogens (tertiary/aromatic N) is 5. The fourth-order valence-corrected chi connectivity index (χ4v) is 16.6. The lowest BCUT2D eigenvalue weighted by Crippen LogP contribution is -2.58. The van der Waals surface area contributed by atoms with Gasteiger partial charge in [0.05, 0.1) is 46.0 Å². The number of hydrogen-bond donors (Lipinski definition) is 18. The summed E-state index contributed by atoms with van der Waals surface area (Å²) in [7, 11) is 0. The highest BCUT2D eigenvalue weighted by molar-refractivity contribution is 7.08. The number of carbonyl (C=O) groups is 15. The summed E-state index contributed by atoms with van der Waals surface area (Å²) in [5.41, 5.74) is 3.87. The molecule has 15 atom stereocenters. The molecule has 0 fully saturated rings. The van der Waals surface area contributed by atoms with Gasteiger partial charge in [-0.05, 0) is 155 Å². The minimum atomic E-state index is -0.950. The van der Waals surface area contributed by atoms with Crippen molar-refractivity contribution in [1.29, 1.82) is 0 Å². The molecule has 6 rings (SSSR count). The molecule has 0 unspecified atom stereocenters. The van der Waals surface area contributed by atoms with Gasteiger partial charge in [0, 0.05) is 124 Å². The van der Waals surface area contributed by atoms with Crippen LogP contribution < -0.4 is 110 Å². The summed E-state index contributed by atoms with van der Waals surface area (Å²) in [4.78, 5) is 207. The Kier molecular flexibility index (Phi) is 55.6.